The molecular formula is C23H30N2O4S. The molecule has 2 N–H and O–H groups in total. The van der Waals surface area contributed by atoms with Gasteiger partial charge >= 0.3 is 0 Å². The third kappa shape index (κ3) is 5.61. The molecule has 0 aromatic heterocycles. The lowest BCUT2D eigenvalue weighted by atomic mass is 9.87. The molecule has 1 amide bonds. The van der Waals surface area contributed by atoms with E-state index in [1.165, 1.54) is 19.2 Å². The highest BCUT2D eigenvalue weighted by Crippen LogP contribution is 2.29. The molecule has 2 aromatic carbocycles. The minimum atomic E-state index is -3.81. The van der Waals surface area contributed by atoms with E-state index in [0.29, 0.717) is 18.5 Å². The van der Waals surface area contributed by atoms with Crippen molar-refractivity contribution >= 4 is 15.9 Å². The van der Waals surface area contributed by atoms with Crippen LogP contribution in [0, 0.1) is 5.92 Å². The average Bonchev–Trinajstić information content (AvgIpc) is 2.75. The summed E-state index contributed by atoms with van der Waals surface area (Å²) in [5, 5.41) is 2.86. The fraction of sp³-hybridized carbons (Fsp3) is 0.435. The predicted molar refractivity (Wildman–Crippen MR) is 117 cm³/mol. The van der Waals surface area contributed by atoms with Gasteiger partial charge in [0.2, 0.25) is 10.0 Å². The number of carbonyl (C=O) groups is 1. The molecule has 1 saturated carbocycles. The summed E-state index contributed by atoms with van der Waals surface area (Å²) >= 11 is 0. The molecule has 0 spiro atoms. The molecular weight excluding hydrogens is 400 g/mol. The van der Waals surface area contributed by atoms with Gasteiger partial charge in [0.1, 0.15) is 10.6 Å². The fourth-order valence-electron chi connectivity index (χ4n) is 3.85. The maximum absolute atomic E-state index is 13.1. The first-order valence-electron chi connectivity index (χ1n) is 10.4. The highest BCUT2D eigenvalue weighted by atomic mass is 32.2. The van der Waals surface area contributed by atoms with E-state index in [1.54, 1.807) is 6.07 Å². The van der Waals surface area contributed by atoms with Gasteiger partial charge in [-0.15, -0.1) is 0 Å². The number of nitrogens with one attached hydrogen (secondary N) is 2. The number of carbonyl (C=O) groups excluding carboxylic acids is 1. The molecule has 7 heteroatoms. The number of amides is 1. The van der Waals surface area contributed by atoms with Gasteiger partial charge in [-0.1, -0.05) is 50.1 Å². The second-order valence-corrected chi connectivity index (χ2v) is 9.53. The highest BCUT2D eigenvalue weighted by Gasteiger charge is 2.29. The van der Waals surface area contributed by atoms with Gasteiger partial charge in [-0.25, -0.2) is 13.1 Å². The highest BCUT2D eigenvalue weighted by molar-refractivity contribution is 7.89. The van der Waals surface area contributed by atoms with Crippen molar-refractivity contribution in [3.8, 4) is 5.75 Å². The van der Waals surface area contributed by atoms with Crippen molar-refractivity contribution in [2.24, 2.45) is 5.92 Å². The van der Waals surface area contributed by atoms with Crippen LogP contribution >= 0.6 is 0 Å². The first-order valence-corrected chi connectivity index (χ1v) is 11.9. The number of methoxy groups -OCH3 is 1. The van der Waals surface area contributed by atoms with Crippen LogP contribution in [0.2, 0.25) is 0 Å². The monoisotopic (exact) mass is 430 g/mol. The quantitative estimate of drug-likeness (QED) is 0.671. The van der Waals surface area contributed by atoms with Crippen LogP contribution in [0.1, 0.15) is 48.5 Å². The molecule has 0 bridgehead atoms. The molecule has 1 aliphatic carbocycles. The molecule has 0 radical (unpaired) electrons. The largest absolute Gasteiger partial charge is 0.495 e. The van der Waals surface area contributed by atoms with Gasteiger partial charge in [0.25, 0.3) is 5.91 Å². The van der Waals surface area contributed by atoms with E-state index < -0.39 is 10.0 Å². The molecule has 3 rings (SSSR count). The van der Waals surface area contributed by atoms with Crippen molar-refractivity contribution < 1.29 is 17.9 Å². The molecule has 2 unspecified atom stereocenters. The van der Waals surface area contributed by atoms with E-state index in [-0.39, 0.29) is 28.5 Å². The van der Waals surface area contributed by atoms with Crippen molar-refractivity contribution in [3.63, 3.8) is 0 Å². The molecule has 0 heterocycles. The van der Waals surface area contributed by atoms with E-state index in [2.05, 4.69) is 17.0 Å². The van der Waals surface area contributed by atoms with Crippen LogP contribution in [-0.2, 0) is 16.4 Å². The van der Waals surface area contributed by atoms with E-state index in [4.69, 9.17) is 4.74 Å². The zero-order chi connectivity index (χ0) is 21.6. The minimum Gasteiger partial charge on any atom is -0.495 e. The molecule has 1 fully saturated rings. The van der Waals surface area contributed by atoms with Crippen molar-refractivity contribution in [3.05, 3.63) is 59.7 Å². The maximum atomic E-state index is 13.1. The molecule has 2 aromatic rings. The summed E-state index contributed by atoms with van der Waals surface area (Å²) in [6.45, 7) is 2.54. The van der Waals surface area contributed by atoms with Crippen LogP contribution in [-0.4, -0.2) is 34.0 Å². The second-order valence-electron chi connectivity index (χ2n) is 7.85. The third-order valence-corrected chi connectivity index (χ3v) is 7.19. The zero-order valence-electron chi connectivity index (χ0n) is 17.6. The number of rotatable bonds is 8. The van der Waals surface area contributed by atoms with E-state index >= 15 is 0 Å². The molecule has 2 atom stereocenters. The summed E-state index contributed by atoms with van der Waals surface area (Å²) in [6, 6.07) is 14.3. The summed E-state index contributed by atoms with van der Waals surface area (Å²) in [5.41, 5.74) is 1.42. The standard InChI is InChI=1S/C23H30N2O4S/c1-17-8-6-7-11-20(17)25-30(27,28)22-16-19(12-13-21(22)29-2)23(26)24-15-14-18-9-4-3-5-10-18/h3-5,9-10,12-13,16-17,20,25H,6-8,11,14-15H2,1-2H3,(H,24,26). The third-order valence-electron chi connectivity index (χ3n) is 5.68. The van der Waals surface area contributed by atoms with Gasteiger partial charge in [-0.05, 0) is 48.9 Å². The normalized spacial score (nSPS) is 19.3. The smallest absolute Gasteiger partial charge is 0.251 e. The molecule has 1 aliphatic rings. The van der Waals surface area contributed by atoms with E-state index in [9.17, 15) is 13.2 Å². The summed E-state index contributed by atoms with van der Waals surface area (Å²) in [4.78, 5) is 12.6. The van der Waals surface area contributed by atoms with Crippen LogP contribution in [0.3, 0.4) is 0 Å². The first kappa shape index (κ1) is 22.3. The van der Waals surface area contributed by atoms with Crippen LogP contribution < -0.4 is 14.8 Å². The van der Waals surface area contributed by atoms with Crippen LogP contribution in [0.5, 0.6) is 5.75 Å². The number of sulfonamides is 1. The summed E-state index contributed by atoms with van der Waals surface area (Å²) in [7, 11) is -2.38. The Morgan fingerprint density at radius 3 is 2.53 bits per heavy atom. The van der Waals surface area contributed by atoms with Crippen LogP contribution in [0.15, 0.2) is 53.4 Å². The summed E-state index contributed by atoms with van der Waals surface area (Å²) < 4.78 is 34.3. The van der Waals surface area contributed by atoms with Crippen molar-refractivity contribution in [1.82, 2.24) is 10.0 Å². The maximum Gasteiger partial charge on any atom is 0.251 e. The van der Waals surface area contributed by atoms with E-state index in [1.807, 2.05) is 30.3 Å². The lowest BCUT2D eigenvalue weighted by molar-refractivity contribution is 0.0954. The zero-order valence-corrected chi connectivity index (χ0v) is 18.4. The van der Waals surface area contributed by atoms with Gasteiger partial charge in [0.05, 0.1) is 7.11 Å². The number of ether oxygens (including phenoxy) is 1. The van der Waals surface area contributed by atoms with Gasteiger partial charge in [-0.3, -0.25) is 4.79 Å². The number of benzene rings is 2. The molecule has 30 heavy (non-hydrogen) atoms. The molecule has 6 nitrogen and oxygen atoms in total. The average molecular weight is 431 g/mol. The van der Waals surface area contributed by atoms with Gasteiger partial charge < -0.3 is 10.1 Å². The molecule has 162 valence electrons. The van der Waals surface area contributed by atoms with Crippen molar-refractivity contribution in [2.75, 3.05) is 13.7 Å². The SMILES string of the molecule is COc1ccc(C(=O)NCCc2ccccc2)cc1S(=O)(=O)NC1CCCCC1C. The number of hydrogen-bond acceptors (Lipinski definition) is 4. The Balaban J connectivity index is 1.73. The number of hydrogen-bond donors (Lipinski definition) is 2. The topological polar surface area (TPSA) is 84.5 Å². The Hall–Kier alpha value is -2.38. The van der Waals surface area contributed by atoms with Crippen LogP contribution in [0.25, 0.3) is 0 Å². The van der Waals surface area contributed by atoms with Crippen LogP contribution in [0.4, 0.5) is 0 Å². The van der Waals surface area contributed by atoms with E-state index in [0.717, 1.165) is 31.2 Å². The lowest BCUT2D eigenvalue weighted by Gasteiger charge is -2.29. The summed E-state index contributed by atoms with van der Waals surface area (Å²) in [6.07, 6.45) is 4.67. The van der Waals surface area contributed by atoms with Gasteiger partial charge in [0.15, 0.2) is 0 Å². The van der Waals surface area contributed by atoms with Crippen molar-refractivity contribution in [2.45, 2.75) is 50.0 Å². The molecule has 0 saturated heterocycles. The van der Waals surface area contributed by atoms with Gasteiger partial charge in [-0.2, -0.15) is 0 Å². The Bertz CT molecular complexity index is 960. The first-order chi connectivity index (χ1) is 14.4. The second kappa shape index (κ2) is 10.1. The fourth-order valence-corrected chi connectivity index (χ4v) is 5.42. The Kier molecular flexibility index (Phi) is 7.50. The summed E-state index contributed by atoms with van der Waals surface area (Å²) in [5.74, 6) is 0.201. The lowest BCUT2D eigenvalue weighted by Crippen LogP contribution is -2.41. The molecule has 0 aliphatic heterocycles. The predicted octanol–water partition coefficient (Wildman–Crippen LogP) is 3.52. The Labute approximate surface area is 179 Å². The van der Waals surface area contributed by atoms with Crippen molar-refractivity contribution in [1.29, 1.82) is 0 Å². The Morgan fingerprint density at radius 1 is 1.10 bits per heavy atom. The Morgan fingerprint density at radius 2 is 1.83 bits per heavy atom. The minimum absolute atomic E-state index is 0.00140. The van der Waals surface area contributed by atoms with Gasteiger partial charge in [0, 0.05) is 18.2 Å².